The maximum absolute atomic E-state index is 10.1. The number of aromatic nitrogens is 4. The van der Waals surface area contributed by atoms with Crippen molar-refractivity contribution in [2.24, 2.45) is 0 Å². The molecule has 0 aliphatic carbocycles. The molecule has 1 aliphatic rings. The van der Waals surface area contributed by atoms with Gasteiger partial charge in [-0.1, -0.05) is 6.92 Å². The predicted molar refractivity (Wildman–Crippen MR) is 74.7 cm³/mol. The Hall–Kier alpha value is -1.26. The number of nitrogens with zero attached hydrogens (tertiary/aromatic N) is 4. The zero-order chi connectivity index (χ0) is 15.0. The molecule has 0 spiro atoms. The van der Waals surface area contributed by atoms with Crippen molar-refractivity contribution >= 4 is 22.9 Å². The number of hydrogen-bond donors (Lipinski definition) is 3. The van der Waals surface area contributed by atoms with Gasteiger partial charge in [0, 0.05) is 0 Å². The lowest BCUT2D eigenvalue weighted by atomic mass is 10.1. The minimum Gasteiger partial charge on any atom is -0.394 e. The van der Waals surface area contributed by atoms with E-state index in [2.05, 4.69) is 15.0 Å². The summed E-state index contributed by atoms with van der Waals surface area (Å²) in [6.07, 6.45) is -1.04. The molecular weight excluding hydrogens is 296 g/mol. The largest absolute Gasteiger partial charge is 0.394 e. The van der Waals surface area contributed by atoms with Gasteiger partial charge in [0.15, 0.2) is 11.9 Å². The second-order valence-corrected chi connectivity index (χ2v) is 5.92. The minimum absolute atomic E-state index is 0.368. The summed E-state index contributed by atoms with van der Waals surface area (Å²) in [7, 11) is 0. The first kappa shape index (κ1) is 14.7. The summed E-state index contributed by atoms with van der Waals surface area (Å²) < 4.78 is 7.05. The fraction of sp³-hybridized carbons (Fsp3) is 0.583. The van der Waals surface area contributed by atoms with Gasteiger partial charge >= 0.3 is 0 Å². The Morgan fingerprint density at radius 2 is 2.10 bits per heavy atom. The van der Waals surface area contributed by atoms with E-state index in [-0.39, 0.29) is 6.61 Å². The topological polar surface area (TPSA) is 114 Å². The van der Waals surface area contributed by atoms with Crippen LogP contribution in [0.1, 0.15) is 13.2 Å². The zero-order valence-electron chi connectivity index (χ0n) is 11.3. The Balaban J connectivity index is 2.00. The number of rotatable bonds is 4. The van der Waals surface area contributed by atoms with Crippen molar-refractivity contribution in [1.29, 1.82) is 0 Å². The quantitative estimate of drug-likeness (QED) is 0.514. The highest BCUT2D eigenvalue weighted by Crippen LogP contribution is 2.32. The average Bonchev–Trinajstić information content (AvgIpc) is 3.03. The first-order chi connectivity index (χ1) is 10.2. The van der Waals surface area contributed by atoms with E-state index in [9.17, 15) is 10.2 Å². The normalized spacial score (nSPS) is 29.3. The molecule has 0 amide bonds. The number of imidazole rings is 1. The molecule has 21 heavy (non-hydrogen) atoms. The van der Waals surface area contributed by atoms with E-state index in [1.54, 1.807) is 16.3 Å². The van der Waals surface area contributed by atoms with Crippen LogP contribution in [-0.2, 0) is 4.74 Å². The van der Waals surface area contributed by atoms with E-state index >= 15 is 0 Å². The number of hydrogen-bond acceptors (Lipinski definition) is 8. The molecule has 1 fully saturated rings. The molecule has 3 rings (SSSR count). The highest BCUT2D eigenvalue weighted by Gasteiger charge is 2.43. The maximum Gasteiger partial charge on any atom is 0.166 e. The van der Waals surface area contributed by atoms with Crippen LogP contribution in [0.5, 0.6) is 0 Å². The minimum atomic E-state index is -1.16. The molecule has 0 bridgehead atoms. The van der Waals surface area contributed by atoms with Gasteiger partial charge in [0.1, 0.15) is 35.2 Å². The molecule has 0 saturated carbocycles. The van der Waals surface area contributed by atoms with E-state index in [1.165, 1.54) is 12.7 Å². The van der Waals surface area contributed by atoms with Crippen molar-refractivity contribution in [1.82, 2.24) is 19.5 Å². The number of ether oxygens (including phenoxy) is 1. The van der Waals surface area contributed by atoms with Gasteiger partial charge in [-0.3, -0.25) is 4.57 Å². The monoisotopic (exact) mass is 312 g/mol. The Kier molecular flexibility index (Phi) is 4.09. The van der Waals surface area contributed by atoms with Crippen LogP contribution < -0.4 is 0 Å². The van der Waals surface area contributed by atoms with Crippen LogP contribution in [0.15, 0.2) is 17.7 Å². The summed E-state index contributed by atoms with van der Waals surface area (Å²) in [6, 6.07) is 0. The fourth-order valence-corrected chi connectivity index (χ4v) is 3.04. The third-order valence-corrected chi connectivity index (χ3v) is 4.26. The standard InChI is InChI=1S/C12H16N4O4S/c1-2-21-11-7-10(13-4-14-11)16(5-15-7)12-9(19)8(18)6(3-17)20-12/h4-6,8-9,12,17-19H,2-3H2,1H3/t6-,8?,9+,12-/m1/s1. The second-order valence-electron chi connectivity index (χ2n) is 4.66. The van der Waals surface area contributed by atoms with Crippen LogP contribution in [0, 0.1) is 0 Å². The van der Waals surface area contributed by atoms with Gasteiger partial charge in [-0.15, -0.1) is 11.8 Å². The van der Waals surface area contributed by atoms with Crippen LogP contribution in [0.25, 0.3) is 11.2 Å². The van der Waals surface area contributed by atoms with Crippen molar-refractivity contribution in [3.63, 3.8) is 0 Å². The highest BCUT2D eigenvalue weighted by molar-refractivity contribution is 7.99. The van der Waals surface area contributed by atoms with Crippen molar-refractivity contribution in [3.05, 3.63) is 12.7 Å². The molecule has 1 unspecified atom stereocenters. The van der Waals surface area contributed by atoms with E-state index in [1.807, 2.05) is 6.92 Å². The second kappa shape index (κ2) is 5.85. The first-order valence-corrected chi connectivity index (χ1v) is 7.58. The van der Waals surface area contributed by atoms with E-state index in [0.29, 0.717) is 11.2 Å². The number of fused-ring (bicyclic) bond motifs is 1. The van der Waals surface area contributed by atoms with Gasteiger partial charge in [0.2, 0.25) is 0 Å². The molecule has 8 nitrogen and oxygen atoms in total. The molecule has 2 aromatic rings. The predicted octanol–water partition coefficient (Wildman–Crippen LogP) is -0.450. The first-order valence-electron chi connectivity index (χ1n) is 6.60. The lowest BCUT2D eigenvalue weighted by Crippen LogP contribution is -2.33. The Labute approximate surface area is 124 Å². The molecule has 0 aromatic carbocycles. The van der Waals surface area contributed by atoms with Gasteiger partial charge < -0.3 is 20.1 Å². The van der Waals surface area contributed by atoms with Gasteiger partial charge in [0.05, 0.1) is 12.9 Å². The van der Waals surface area contributed by atoms with Crippen molar-refractivity contribution in [2.45, 2.75) is 36.5 Å². The molecule has 4 atom stereocenters. The maximum atomic E-state index is 10.1. The van der Waals surface area contributed by atoms with Gasteiger partial charge in [-0.25, -0.2) is 15.0 Å². The third-order valence-electron chi connectivity index (χ3n) is 3.40. The molecule has 9 heteroatoms. The van der Waals surface area contributed by atoms with E-state index in [4.69, 9.17) is 9.84 Å². The summed E-state index contributed by atoms with van der Waals surface area (Å²) in [5.74, 6) is 0.854. The molecule has 3 heterocycles. The molecule has 1 saturated heterocycles. The van der Waals surface area contributed by atoms with Crippen molar-refractivity contribution in [2.75, 3.05) is 12.4 Å². The SMILES string of the molecule is CCSc1ncnc2c1ncn2[C@@H]1O[C@H](CO)C(O)[C@@H]1O. The lowest BCUT2D eigenvalue weighted by Gasteiger charge is -2.16. The average molecular weight is 312 g/mol. The van der Waals surface area contributed by atoms with Gasteiger partial charge in [0.25, 0.3) is 0 Å². The van der Waals surface area contributed by atoms with Crippen LogP contribution in [-0.4, -0.2) is 65.5 Å². The lowest BCUT2D eigenvalue weighted by molar-refractivity contribution is -0.0511. The fourth-order valence-electron chi connectivity index (χ4n) is 2.37. The smallest absolute Gasteiger partial charge is 0.166 e. The van der Waals surface area contributed by atoms with E-state index < -0.39 is 24.5 Å². The molecule has 3 N–H and O–H groups in total. The Morgan fingerprint density at radius 3 is 2.76 bits per heavy atom. The van der Waals surface area contributed by atoms with Crippen molar-refractivity contribution < 1.29 is 20.1 Å². The molecule has 114 valence electrons. The molecule has 0 radical (unpaired) electrons. The molecular formula is C12H16N4O4S. The summed E-state index contributed by atoms with van der Waals surface area (Å²) in [5.41, 5.74) is 1.15. The Morgan fingerprint density at radius 1 is 1.29 bits per heavy atom. The Bertz CT molecular complexity index is 637. The highest BCUT2D eigenvalue weighted by atomic mass is 32.2. The molecule has 2 aromatic heterocycles. The van der Waals surface area contributed by atoms with E-state index in [0.717, 1.165) is 10.8 Å². The number of aliphatic hydroxyl groups excluding tert-OH is 3. The summed E-state index contributed by atoms with van der Waals surface area (Å²) >= 11 is 1.55. The van der Waals surface area contributed by atoms with Crippen molar-refractivity contribution in [3.8, 4) is 0 Å². The number of aliphatic hydroxyl groups is 3. The van der Waals surface area contributed by atoms with Crippen LogP contribution in [0.2, 0.25) is 0 Å². The number of thioether (sulfide) groups is 1. The van der Waals surface area contributed by atoms with Crippen LogP contribution in [0.4, 0.5) is 0 Å². The summed E-state index contributed by atoms with van der Waals surface area (Å²) in [4.78, 5) is 12.6. The van der Waals surface area contributed by atoms with Crippen LogP contribution in [0.3, 0.4) is 0 Å². The van der Waals surface area contributed by atoms with Gasteiger partial charge in [-0.05, 0) is 5.75 Å². The van der Waals surface area contributed by atoms with Gasteiger partial charge in [-0.2, -0.15) is 0 Å². The molecule has 1 aliphatic heterocycles. The summed E-state index contributed by atoms with van der Waals surface area (Å²) in [5, 5.41) is 29.8. The van der Waals surface area contributed by atoms with Crippen LogP contribution >= 0.6 is 11.8 Å². The third kappa shape index (κ3) is 2.40. The zero-order valence-corrected chi connectivity index (χ0v) is 12.1. The summed E-state index contributed by atoms with van der Waals surface area (Å²) in [6.45, 7) is 1.65.